The molecule has 0 N–H and O–H groups in total. The minimum absolute atomic E-state index is 0.0780. The maximum Gasteiger partial charge on any atom is 0.269 e. The molecule has 8 heteroatoms. The zero-order valence-electron chi connectivity index (χ0n) is 14.6. The minimum Gasteiger partial charge on any atom is -0.369 e. The smallest absolute Gasteiger partial charge is 0.269 e. The van der Waals surface area contributed by atoms with Crippen LogP contribution in [0.15, 0.2) is 36.4 Å². The van der Waals surface area contributed by atoms with E-state index < -0.39 is 22.1 Å². The fourth-order valence-electron chi connectivity index (χ4n) is 3.15. The second-order valence-corrected chi connectivity index (χ2v) is 6.40. The van der Waals surface area contributed by atoms with Crippen molar-refractivity contribution in [1.82, 2.24) is 4.90 Å². The second kappa shape index (κ2) is 8.10. The van der Waals surface area contributed by atoms with Gasteiger partial charge in [-0.05, 0) is 24.1 Å². The Labute approximate surface area is 155 Å². The van der Waals surface area contributed by atoms with Crippen LogP contribution in [-0.4, -0.2) is 42.5 Å². The summed E-state index contributed by atoms with van der Waals surface area (Å²) in [5, 5.41) is 19.4. The topological polar surface area (TPSA) is 73.4 Å². The van der Waals surface area contributed by atoms with Gasteiger partial charge in [-0.1, -0.05) is 12.1 Å². The lowest BCUT2D eigenvalue weighted by Crippen LogP contribution is -2.47. The van der Waals surface area contributed by atoms with Crippen molar-refractivity contribution >= 4 is 11.4 Å². The summed E-state index contributed by atoms with van der Waals surface area (Å²) in [6.45, 7) is 3.56. The van der Waals surface area contributed by atoms with E-state index in [4.69, 9.17) is 5.26 Å². The molecule has 0 unspecified atom stereocenters. The first kappa shape index (κ1) is 18.7. The molecule has 0 aromatic heterocycles. The third kappa shape index (κ3) is 4.38. The predicted octanol–water partition coefficient (Wildman–Crippen LogP) is 3.11. The predicted molar refractivity (Wildman–Crippen MR) is 96.5 cm³/mol. The monoisotopic (exact) mass is 372 g/mol. The van der Waals surface area contributed by atoms with Gasteiger partial charge in [0.1, 0.15) is 23.3 Å². The van der Waals surface area contributed by atoms with Gasteiger partial charge in [-0.2, -0.15) is 5.26 Å². The van der Waals surface area contributed by atoms with Gasteiger partial charge in [0.25, 0.3) is 5.69 Å². The molecule has 0 aliphatic carbocycles. The SMILES string of the molecule is N#Cc1c(F)cc(N2CCN(CCc3ccc([N+](=O)[O-])cc3)CC2)cc1F. The summed E-state index contributed by atoms with van der Waals surface area (Å²) < 4.78 is 27.6. The van der Waals surface area contributed by atoms with Crippen molar-refractivity contribution in [3.63, 3.8) is 0 Å². The number of nitro groups is 1. The molecule has 1 aliphatic rings. The summed E-state index contributed by atoms with van der Waals surface area (Å²) in [4.78, 5) is 14.4. The van der Waals surface area contributed by atoms with Crippen LogP contribution in [0.25, 0.3) is 0 Å². The van der Waals surface area contributed by atoms with Crippen molar-refractivity contribution in [2.75, 3.05) is 37.6 Å². The van der Waals surface area contributed by atoms with Gasteiger partial charge in [0.05, 0.1) is 4.92 Å². The van der Waals surface area contributed by atoms with Crippen LogP contribution < -0.4 is 4.90 Å². The first-order valence-corrected chi connectivity index (χ1v) is 8.57. The fraction of sp³-hybridized carbons (Fsp3) is 0.316. The molecule has 1 aliphatic heterocycles. The van der Waals surface area contributed by atoms with E-state index in [1.54, 1.807) is 12.1 Å². The Kier molecular flexibility index (Phi) is 5.62. The van der Waals surface area contributed by atoms with Gasteiger partial charge in [-0.15, -0.1) is 0 Å². The molecule has 3 rings (SSSR count). The molecule has 27 heavy (non-hydrogen) atoms. The van der Waals surface area contributed by atoms with Gasteiger partial charge in [-0.25, -0.2) is 8.78 Å². The first-order valence-electron chi connectivity index (χ1n) is 8.57. The van der Waals surface area contributed by atoms with Gasteiger partial charge in [0.2, 0.25) is 0 Å². The fourth-order valence-corrected chi connectivity index (χ4v) is 3.15. The third-order valence-corrected chi connectivity index (χ3v) is 4.74. The van der Waals surface area contributed by atoms with E-state index in [0.29, 0.717) is 18.8 Å². The van der Waals surface area contributed by atoms with E-state index in [0.717, 1.165) is 31.6 Å². The average Bonchev–Trinajstić information content (AvgIpc) is 2.67. The van der Waals surface area contributed by atoms with Crippen LogP contribution in [0, 0.1) is 33.1 Å². The highest BCUT2D eigenvalue weighted by Crippen LogP contribution is 2.23. The van der Waals surface area contributed by atoms with Gasteiger partial charge in [0, 0.05) is 50.5 Å². The van der Waals surface area contributed by atoms with Crippen LogP contribution in [0.3, 0.4) is 0 Å². The summed E-state index contributed by atoms with van der Waals surface area (Å²) >= 11 is 0. The Bertz CT molecular complexity index is 849. The lowest BCUT2D eigenvalue weighted by Gasteiger charge is -2.36. The molecule has 1 heterocycles. The number of nitriles is 1. The van der Waals surface area contributed by atoms with E-state index >= 15 is 0 Å². The number of anilines is 1. The molecule has 1 saturated heterocycles. The Hall–Kier alpha value is -3.05. The highest BCUT2D eigenvalue weighted by molar-refractivity contribution is 5.51. The molecule has 0 atom stereocenters. The summed E-state index contributed by atoms with van der Waals surface area (Å²) in [6, 6.07) is 10.5. The van der Waals surface area contributed by atoms with Crippen LogP contribution in [-0.2, 0) is 6.42 Å². The number of halogens is 2. The molecule has 0 radical (unpaired) electrons. The summed E-state index contributed by atoms with van der Waals surface area (Å²) in [5.41, 5.74) is 0.994. The molecule has 140 valence electrons. The summed E-state index contributed by atoms with van der Waals surface area (Å²) in [6.07, 6.45) is 0.776. The molecule has 1 fully saturated rings. The second-order valence-electron chi connectivity index (χ2n) is 6.40. The molecule has 6 nitrogen and oxygen atoms in total. The van der Waals surface area contributed by atoms with E-state index in [-0.39, 0.29) is 5.69 Å². The van der Waals surface area contributed by atoms with Gasteiger partial charge in [-0.3, -0.25) is 15.0 Å². The molecule has 2 aromatic carbocycles. The number of benzene rings is 2. The summed E-state index contributed by atoms with van der Waals surface area (Å²) in [7, 11) is 0. The average molecular weight is 372 g/mol. The van der Waals surface area contributed by atoms with Gasteiger partial charge in [0.15, 0.2) is 0 Å². The number of rotatable bonds is 5. The number of nitrogens with zero attached hydrogens (tertiary/aromatic N) is 4. The van der Waals surface area contributed by atoms with Crippen molar-refractivity contribution in [2.45, 2.75) is 6.42 Å². The third-order valence-electron chi connectivity index (χ3n) is 4.74. The van der Waals surface area contributed by atoms with E-state index in [1.807, 2.05) is 4.90 Å². The maximum absolute atomic E-state index is 13.8. The van der Waals surface area contributed by atoms with Crippen LogP contribution in [0.5, 0.6) is 0 Å². The Balaban J connectivity index is 1.53. The number of hydrogen-bond acceptors (Lipinski definition) is 5. The standard InChI is InChI=1S/C19H18F2N4O2/c20-18-11-16(12-19(21)17(18)13-22)24-9-7-23(8-10-24)6-5-14-1-3-15(4-2-14)25(26)27/h1-4,11-12H,5-10H2. The lowest BCUT2D eigenvalue weighted by molar-refractivity contribution is -0.384. The van der Waals surface area contributed by atoms with Crippen LogP contribution in [0.4, 0.5) is 20.2 Å². The lowest BCUT2D eigenvalue weighted by atomic mass is 10.1. The van der Waals surface area contributed by atoms with Crippen molar-refractivity contribution in [3.8, 4) is 6.07 Å². The number of piperazine rings is 1. The zero-order valence-corrected chi connectivity index (χ0v) is 14.6. The van der Waals surface area contributed by atoms with Crippen LogP contribution in [0.1, 0.15) is 11.1 Å². The molecular weight excluding hydrogens is 354 g/mol. The van der Waals surface area contributed by atoms with E-state index in [1.165, 1.54) is 30.3 Å². The van der Waals surface area contributed by atoms with Crippen molar-refractivity contribution in [2.24, 2.45) is 0 Å². The number of hydrogen-bond donors (Lipinski definition) is 0. The highest BCUT2D eigenvalue weighted by atomic mass is 19.1. The highest BCUT2D eigenvalue weighted by Gasteiger charge is 2.20. The van der Waals surface area contributed by atoms with Crippen molar-refractivity contribution < 1.29 is 13.7 Å². The molecule has 0 saturated carbocycles. The minimum atomic E-state index is -0.840. The molecular formula is C19H18F2N4O2. The van der Waals surface area contributed by atoms with Crippen molar-refractivity contribution in [1.29, 1.82) is 5.26 Å². The van der Waals surface area contributed by atoms with Gasteiger partial charge < -0.3 is 4.90 Å². The zero-order chi connectivity index (χ0) is 19.4. The molecule has 2 aromatic rings. The van der Waals surface area contributed by atoms with E-state index in [2.05, 4.69) is 4.90 Å². The van der Waals surface area contributed by atoms with E-state index in [9.17, 15) is 18.9 Å². The van der Waals surface area contributed by atoms with Gasteiger partial charge >= 0.3 is 0 Å². The molecule has 0 amide bonds. The Morgan fingerprint density at radius 2 is 1.67 bits per heavy atom. The first-order chi connectivity index (χ1) is 13.0. The normalized spacial score (nSPS) is 14.8. The van der Waals surface area contributed by atoms with Crippen molar-refractivity contribution in [3.05, 3.63) is 69.3 Å². The maximum atomic E-state index is 13.8. The quantitative estimate of drug-likeness (QED) is 0.596. The van der Waals surface area contributed by atoms with Crippen LogP contribution >= 0.6 is 0 Å². The molecule has 0 spiro atoms. The Morgan fingerprint density at radius 1 is 1.07 bits per heavy atom. The summed E-state index contributed by atoms with van der Waals surface area (Å²) in [5.74, 6) is -1.68. The Morgan fingerprint density at radius 3 is 2.19 bits per heavy atom. The molecule has 0 bridgehead atoms. The number of nitro benzene ring substituents is 1. The van der Waals surface area contributed by atoms with Crippen LogP contribution in [0.2, 0.25) is 0 Å². The number of non-ortho nitro benzene ring substituents is 1. The largest absolute Gasteiger partial charge is 0.369 e.